The van der Waals surface area contributed by atoms with Gasteiger partial charge < -0.3 is 29.2 Å². The Morgan fingerprint density at radius 3 is 2.91 bits per heavy atom. The zero-order valence-corrected chi connectivity index (χ0v) is 19.5. The number of morpholine rings is 1. The summed E-state index contributed by atoms with van der Waals surface area (Å²) >= 11 is 6.01. The third kappa shape index (κ3) is 5.01. The average Bonchev–Trinajstić information content (AvgIpc) is 3.25. The predicted octanol–water partition coefficient (Wildman–Crippen LogP) is 4.48. The minimum absolute atomic E-state index is 0.0277. The summed E-state index contributed by atoms with van der Waals surface area (Å²) in [6.07, 6.45) is 0.690. The van der Waals surface area contributed by atoms with Crippen molar-refractivity contribution in [2.45, 2.75) is 25.5 Å². The minimum Gasteiger partial charge on any atom is -0.493 e. The van der Waals surface area contributed by atoms with Crippen molar-refractivity contribution in [2.75, 3.05) is 32.2 Å². The third-order valence-electron chi connectivity index (χ3n) is 5.60. The molecule has 0 saturated carbocycles. The first-order valence-corrected chi connectivity index (χ1v) is 11.2. The number of carbonyl (C=O) groups excluding carboxylic acids is 1. The molecule has 1 aliphatic rings. The summed E-state index contributed by atoms with van der Waals surface area (Å²) in [5.74, 6) is 0.0875. The smallest absolute Gasteiger partial charge is 0.300 e. The van der Waals surface area contributed by atoms with Crippen LogP contribution in [0.25, 0.3) is 16.8 Å². The van der Waals surface area contributed by atoms with Crippen molar-refractivity contribution in [2.24, 2.45) is 0 Å². The monoisotopic (exact) mass is 489 g/mol. The van der Waals surface area contributed by atoms with Gasteiger partial charge in [0.2, 0.25) is 0 Å². The van der Waals surface area contributed by atoms with Crippen LogP contribution in [0.5, 0.6) is 5.75 Å². The lowest BCUT2D eigenvalue weighted by Crippen LogP contribution is -2.51. The molecule has 1 aliphatic heterocycles. The lowest BCUT2D eigenvalue weighted by molar-refractivity contribution is -0.0486. The standard InChI is InChI=1S/C24H25ClFN3O5/c1-14-12-29(18(6-7-30)13-33-14)23(31)16-9-19-22(21(10-16)32-2)34-24(27-19)28-20(11-26)15-4-3-5-17(25)8-15/h3-5,8-11,14,18,30H,6-7,12-13H2,1-2H3,(H,27,28)/b20-11+/t14-,18-/m0/s1. The molecule has 10 heteroatoms. The summed E-state index contributed by atoms with van der Waals surface area (Å²) in [6.45, 7) is 2.60. The molecular formula is C24H25ClFN3O5. The molecule has 1 aromatic heterocycles. The summed E-state index contributed by atoms with van der Waals surface area (Å²) in [5.41, 5.74) is 1.66. The van der Waals surface area contributed by atoms with E-state index in [4.69, 9.17) is 25.5 Å². The van der Waals surface area contributed by atoms with Crippen molar-refractivity contribution >= 4 is 40.3 Å². The molecular weight excluding hydrogens is 465 g/mol. The number of aliphatic hydroxyl groups is 1. The Labute approximate surface area is 200 Å². The number of nitrogens with one attached hydrogen (secondary N) is 1. The van der Waals surface area contributed by atoms with Crippen LogP contribution >= 0.6 is 11.6 Å². The van der Waals surface area contributed by atoms with Crippen molar-refractivity contribution < 1.29 is 28.2 Å². The summed E-state index contributed by atoms with van der Waals surface area (Å²) < 4.78 is 30.5. The quantitative estimate of drug-likeness (QED) is 0.505. The van der Waals surface area contributed by atoms with E-state index in [1.165, 1.54) is 7.11 Å². The summed E-state index contributed by atoms with van der Waals surface area (Å²) in [4.78, 5) is 19.5. The fourth-order valence-electron chi connectivity index (χ4n) is 3.91. The number of halogens is 2. The molecule has 2 N–H and O–H groups in total. The van der Waals surface area contributed by atoms with Gasteiger partial charge >= 0.3 is 0 Å². The van der Waals surface area contributed by atoms with Crippen molar-refractivity contribution in [1.82, 2.24) is 9.88 Å². The number of ether oxygens (including phenoxy) is 2. The van der Waals surface area contributed by atoms with E-state index < -0.39 is 0 Å². The second-order valence-electron chi connectivity index (χ2n) is 7.97. The SMILES string of the molecule is COc1cc(C(=O)N2C[C@H](C)OC[C@@H]2CCO)cc2nc(N/C(=C/F)c3cccc(Cl)c3)oc12. The van der Waals surface area contributed by atoms with Gasteiger partial charge in [0.25, 0.3) is 11.9 Å². The predicted molar refractivity (Wildman–Crippen MR) is 127 cm³/mol. The van der Waals surface area contributed by atoms with Gasteiger partial charge in [0.1, 0.15) is 11.8 Å². The Hall–Kier alpha value is -3.14. The van der Waals surface area contributed by atoms with E-state index in [9.17, 15) is 14.3 Å². The number of amides is 1. The fourth-order valence-corrected chi connectivity index (χ4v) is 4.10. The number of rotatable bonds is 7. The maximum atomic E-state index is 13.6. The fraction of sp³-hybridized carbons (Fsp3) is 0.333. The van der Waals surface area contributed by atoms with Gasteiger partial charge in [-0.05, 0) is 37.6 Å². The molecule has 3 aromatic rings. The Morgan fingerprint density at radius 1 is 1.38 bits per heavy atom. The van der Waals surface area contributed by atoms with Gasteiger partial charge in [-0.15, -0.1) is 0 Å². The lowest BCUT2D eigenvalue weighted by Gasteiger charge is -2.38. The highest BCUT2D eigenvalue weighted by molar-refractivity contribution is 6.30. The van der Waals surface area contributed by atoms with Crippen molar-refractivity contribution in [1.29, 1.82) is 0 Å². The molecule has 1 fully saturated rings. The van der Waals surface area contributed by atoms with Gasteiger partial charge in [-0.3, -0.25) is 4.79 Å². The molecule has 0 radical (unpaired) electrons. The molecule has 0 aliphatic carbocycles. The van der Waals surface area contributed by atoms with Gasteiger partial charge in [0, 0.05) is 29.3 Å². The number of nitrogens with zero attached hydrogens (tertiary/aromatic N) is 2. The Morgan fingerprint density at radius 2 is 2.21 bits per heavy atom. The van der Waals surface area contributed by atoms with Gasteiger partial charge in [-0.25, -0.2) is 4.39 Å². The summed E-state index contributed by atoms with van der Waals surface area (Å²) in [5, 5.41) is 12.7. The van der Waals surface area contributed by atoms with Gasteiger partial charge in [-0.1, -0.05) is 23.7 Å². The van der Waals surface area contributed by atoms with Crippen LogP contribution < -0.4 is 10.1 Å². The molecule has 34 heavy (non-hydrogen) atoms. The molecule has 4 rings (SSSR count). The highest BCUT2D eigenvalue weighted by atomic mass is 35.5. The van der Waals surface area contributed by atoms with Crippen LogP contribution in [0, 0.1) is 0 Å². The van der Waals surface area contributed by atoms with E-state index in [0.717, 1.165) is 0 Å². The van der Waals surface area contributed by atoms with E-state index in [1.807, 2.05) is 6.92 Å². The average molecular weight is 490 g/mol. The molecule has 1 saturated heterocycles. The van der Waals surface area contributed by atoms with Gasteiger partial charge in [-0.2, -0.15) is 4.98 Å². The Kier molecular flexibility index (Phi) is 7.35. The number of methoxy groups -OCH3 is 1. The highest BCUT2D eigenvalue weighted by Crippen LogP contribution is 2.32. The lowest BCUT2D eigenvalue weighted by atomic mass is 10.1. The molecule has 0 bridgehead atoms. The number of aromatic nitrogens is 1. The first-order valence-electron chi connectivity index (χ1n) is 10.8. The van der Waals surface area contributed by atoms with E-state index in [2.05, 4.69) is 10.3 Å². The number of hydrogen-bond acceptors (Lipinski definition) is 7. The maximum absolute atomic E-state index is 13.6. The Bertz CT molecular complexity index is 1210. The van der Waals surface area contributed by atoms with Crippen LogP contribution in [0.15, 0.2) is 47.1 Å². The number of oxazole rings is 1. The number of aliphatic hydroxyl groups excluding tert-OH is 1. The first kappa shape index (κ1) is 24.0. The van der Waals surface area contributed by atoms with Crippen molar-refractivity contribution in [3.63, 3.8) is 0 Å². The van der Waals surface area contributed by atoms with E-state index in [1.54, 1.807) is 41.3 Å². The molecule has 2 atom stereocenters. The number of anilines is 1. The van der Waals surface area contributed by atoms with Crippen molar-refractivity contribution in [3.05, 3.63) is 58.9 Å². The summed E-state index contributed by atoms with van der Waals surface area (Å²) in [7, 11) is 1.46. The molecule has 8 nitrogen and oxygen atoms in total. The molecule has 180 valence electrons. The molecule has 2 aromatic carbocycles. The molecule has 2 heterocycles. The minimum atomic E-state index is -0.236. The highest BCUT2D eigenvalue weighted by Gasteiger charge is 2.31. The van der Waals surface area contributed by atoms with Gasteiger partial charge in [0.15, 0.2) is 11.3 Å². The number of hydrogen-bond donors (Lipinski definition) is 2. The van der Waals surface area contributed by atoms with Crippen LogP contribution in [-0.2, 0) is 4.74 Å². The van der Waals surface area contributed by atoms with Crippen LogP contribution in [0.2, 0.25) is 5.02 Å². The third-order valence-corrected chi connectivity index (χ3v) is 5.84. The van der Waals surface area contributed by atoms with Crippen LogP contribution in [0.3, 0.4) is 0 Å². The van der Waals surface area contributed by atoms with E-state index >= 15 is 0 Å². The zero-order chi connectivity index (χ0) is 24.2. The van der Waals surface area contributed by atoms with Crippen LogP contribution in [0.4, 0.5) is 10.4 Å². The largest absolute Gasteiger partial charge is 0.493 e. The van der Waals surface area contributed by atoms with Crippen LogP contribution in [-0.4, -0.2) is 59.9 Å². The van der Waals surface area contributed by atoms with E-state index in [0.29, 0.717) is 58.9 Å². The Balaban J connectivity index is 1.65. The molecule has 1 amide bonds. The number of fused-ring (bicyclic) bond motifs is 1. The topological polar surface area (TPSA) is 97.1 Å². The van der Waals surface area contributed by atoms with Crippen LogP contribution in [0.1, 0.15) is 29.3 Å². The molecule has 0 spiro atoms. The normalized spacial score (nSPS) is 18.9. The zero-order valence-electron chi connectivity index (χ0n) is 18.8. The van der Waals surface area contributed by atoms with E-state index in [-0.39, 0.29) is 36.4 Å². The number of carbonyl (C=O) groups is 1. The second kappa shape index (κ2) is 10.4. The molecule has 0 unspecified atom stereocenters. The second-order valence-corrected chi connectivity index (χ2v) is 8.41. The summed E-state index contributed by atoms with van der Waals surface area (Å²) in [6, 6.07) is 9.65. The van der Waals surface area contributed by atoms with Crippen molar-refractivity contribution in [3.8, 4) is 5.75 Å². The maximum Gasteiger partial charge on any atom is 0.300 e. The first-order chi connectivity index (χ1) is 16.4. The van der Waals surface area contributed by atoms with Gasteiger partial charge in [0.05, 0.1) is 31.6 Å². The number of benzene rings is 2.